The van der Waals surface area contributed by atoms with Crippen molar-refractivity contribution in [3.05, 3.63) is 12.2 Å². The van der Waals surface area contributed by atoms with E-state index in [0.717, 1.165) is 24.8 Å². The van der Waals surface area contributed by atoms with Crippen LogP contribution in [0.15, 0.2) is 12.2 Å². The van der Waals surface area contributed by atoms with Crippen molar-refractivity contribution in [2.75, 3.05) is 0 Å². The summed E-state index contributed by atoms with van der Waals surface area (Å²) in [7, 11) is -2.07. The van der Waals surface area contributed by atoms with Crippen LogP contribution in [0, 0.1) is 11.3 Å². The zero-order valence-corrected chi connectivity index (χ0v) is 9.02. The van der Waals surface area contributed by atoms with E-state index in [4.69, 9.17) is 0 Å². The summed E-state index contributed by atoms with van der Waals surface area (Å²) in [4.78, 5) is 0. The Kier molecular flexibility index (Phi) is 2.96. The number of rotatable bonds is 1. The third-order valence-corrected chi connectivity index (χ3v) is 3.34. The van der Waals surface area contributed by atoms with Gasteiger partial charge >= 0.3 is 0 Å². The second-order valence-electron chi connectivity index (χ2n) is 4.37. The van der Waals surface area contributed by atoms with Crippen LogP contribution in [0.3, 0.4) is 0 Å². The third-order valence-electron chi connectivity index (χ3n) is 2.85. The molecule has 0 amide bonds. The number of hydrogen-bond acceptors (Lipinski definition) is 2. The lowest BCUT2D eigenvalue weighted by molar-refractivity contribution is 0.247. The minimum Gasteiger partial charge on any atom is -0.185 e. The van der Waals surface area contributed by atoms with Gasteiger partial charge in [0, 0.05) is 11.3 Å². The van der Waals surface area contributed by atoms with Crippen LogP contribution in [0.4, 0.5) is 0 Å². The average Bonchev–Trinajstić information content (AvgIpc) is 1.96. The van der Waals surface area contributed by atoms with Crippen LogP contribution in [0.25, 0.3) is 0 Å². The number of allylic oxidation sites excluding steroid dienone is 1. The van der Waals surface area contributed by atoms with Crippen molar-refractivity contribution in [1.82, 2.24) is 0 Å². The summed E-state index contributed by atoms with van der Waals surface area (Å²) in [5.41, 5.74) is 1.11. The molecule has 1 atom stereocenters. The van der Waals surface area contributed by atoms with Gasteiger partial charge in [-0.3, -0.25) is 0 Å². The lowest BCUT2D eigenvalue weighted by Gasteiger charge is -2.37. The molecule has 0 N–H and O–H groups in total. The van der Waals surface area contributed by atoms with Crippen LogP contribution < -0.4 is 0 Å². The van der Waals surface area contributed by atoms with Crippen molar-refractivity contribution in [2.24, 2.45) is 11.3 Å². The highest BCUT2D eigenvalue weighted by Crippen LogP contribution is 2.41. The van der Waals surface area contributed by atoms with Gasteiger partial charge in [-0.25, -0.2) is 0 Å². The van der Waals surface area contributed by atoms with Gasteiger partial charge in [-0.05, 0) is 24.7 Å². The highest BCUT2D eigenvalue weighted by molar-refractivity contribution is 7.71. The summed E-state index contributed by atoms with van der Waals surface area (Å²) in [5.74, 6) is 0.0274. The molecule has 0 radical (unpaired) electrons. The van der Waals surface area contributed by atoms with E-state index in [9.17, 15) is 8.42 Å². The van der Waals surface area contributed by atoms with Crippen molar-refractivity contribution in [3.8, 4) is 0 Å². The first-order chi connectivity index (χ1) is 5.93. The molecule has 0 spiro atoms. The second kappa shape index (κ2) is 3.66. The van der Waals surface area contributed by atoms with Crippen molar-refractivity contribution < 1.29 is 8.42 Å². The van der Waals surface area contributed by atoms with Crippen molar-refractivity contribution in [1.29, 1.82) is 0 Å². The third kappa shape index (κ3) is 2.44. The van der Waals surface area contributed by atoms with Gasteiger partial charge in [-0.2, -0.15) is 8.42 Å². The molecule has 0 aromatic heterocycles. The van der Waals surface area contributed by atoms with Gasteiger partial charge in [-0.15, -0.1) is 0 Å². The Labute approximate surface area is 81.2 Å². The molecule has 1 fully saturated rings. The molecule has 13 heavy (non-hydrogen) atoms. The minimum atomic E-state index is -2.07. The van der Waals surface area contributed by atoms with E-state index < -0.39 is 10.3 Å². The highest BCUT2D eigenvalue weighted by atomic mass is 32.2. The Morgan fingerprint density at radius 2 is 2.15 bits per heavy atom. The zero-order chi connectivity index (χ0) is 10.1. The highest BCUT2D eigenvalue weighted by Gasteiger charge is 2.33. The summed E-state index contributed by atoms with van der Waals surface area (Å²) in [6.07, 6.45) is 3.16. The molecular weight excluding hydrogens is 184 g/mol. The van der Waals surface area contributed by atoms with Gasteiger partial charge in [0.15, 0.2) is 0 Å². The smallest absolute Gasteiger partial charge is 0.185 e. The maximum absolute atomic E-state index is 10.6. The normalized spacial score (nSPS) is 26.9. The molecule has 3 heteroatoms. The molecule has 0 aromatic carbocycles. The molecule has 1 unspecified atom stereocenters. The average molecular weight is 200 g/mol. The van der Waals surface area contributed by atoms with E-state index in [1.165, 1.54) is 5.37 Å². The molecule has 1 aliphatic rings. The quantitative estimate of drug-likeness (QED) is 0.479. The fraction of sp³-hybridized carbons (Fsp3) is 0.700. The van der Waals surface area contributed by atoms with E-state index in [-0.39, 0.29) is 11.3 Å². The van der Waals surface area contributed by atoms with E-state index in [1.807, 2.05) is 0 Å². The van der Waals surface area contributed by atoms with E-state index in [1.54, 1.807) is 0 Å². The summed E-state index contributed by atoms with van der Waals surface area (Å²) in [6.45, 7) is 8.14. The van der Waals surface area contributed by atoms with Gasteiger partial charge in [0.2, 0.25) is 10.3 Å². The van der Waals surface area contributed by atoms with Crippen LogP contribution >= 0.6 is 0 Å². The van der Waals surface area contributed by atoms with E-state index >= 15 is 0 Å². The van der Waals surface area contributed by atoms with Gasteiger partial charge in [-0.1, -0.05) is 26.0 Å². The van der Waals surface area contributed by atoms with Gasteiger partial charge < -0.3 is 0 Å². The van der Waals surface area contributed by atoms with E-state index in [0.29, 0.717) is 0 Å². The summed E-state index contributed by atoms with van der Waals surface area (Å²) >= 11 is 0. The Morgan fingerprint density at radius 3 is 2.62 bits per heavy atom. The van der Waals surface area contributed by atoms with Crippen LogP contribution in [0.1, 0.15) is 33.1 Å². The summed E-state index contributed by atoms with van der Waals surface area (Å²) in [6, 6.07) is 0. The maximum atomic E-state index is 10.6. The zero-order valence-electron chi connectivity index (χ0n) is 8.21. The molecule has 1 saturated carbocycles. The Morgan fingerprint density at radius 1 is 1.54 bits per heavy atom. The van der Waals surface area contributed by atoms with Crippen molar-refractivity contribution >= 4 is 15.7 Å². The molecule has 1 rings (SSSR count). The van der Waals surface area contributed by atoms with Crippen molar-refractivity contribution in [2.45, 2.75) is 33.1 Å². The predicted octanol–water partition coefficient (Wildman–Crippen LogP) is 2.05. The standard InChI is InChI=1S/C10H16O2S/c1-8-5-4-6-10(2,3)9(8)7-13(11)12/h7,9H,1,4-6H2,2-3H3. The molecule has 74 valence electrons. The molecular formula is C10H16O2S. The van der Waals surface area contributed by atoms with Gasteiger partial charge in [0.1, 0.15) is 0 Å². The number of hydrogen-bond donors (Lipinski definition) is 0. The maximum Gasteiger partial charge on any atom is 0.210 e. The molecule has 0 heterocycles. The Hall–Kier alpha value is -0.570. The fourth-order valence-corrected chi connectivity index (χ4v) is 2.81. The molecule has 0 aliphatic heterocycles. The summed E-state index contributed by atoms with van der Waals surface area (Å²) < 4.78 is 21.2. The first-order valence-corrected chi connectivity index (χ1v) is 5.68. The largest absolute Gasteiger partial charge is 0.210 e. The predicted molar refractivity (Wildman–Crippen MR) is 55.2 cm³/mol. The first kappa shape index (κ1) is 10.5. The van der Waals surface area contributed by atoms with Crippen LogP contribution in [0.5, 0.6) is 0 Å². The van der Waals surface area contributed by atoms with E-state index in [2.05, 4.69) is 20.4 Å². The molecule has 0 saturated heterocycles. The molecule has 0 aromatic rings. The molecule has 2 nitrogen and oxygen atoms in total. The Balaban J connectivity index is 3.00. The summed E-state index contributed by atoms with van der Waals surface area (Å²) in [5, 5.41) is 1.39. The lowest BCUT2D eigenvalue weighted by atomic mass is 9.68. The lowest BCUT2D eigenvalue weighted by Crippen LogP contribution is -2.30. The van der Waals surface area contributed by atoms with Crippen LogP contribution in [-0.4, -0.2) is 13.8 Å². The monoisotopic (exact) mass is 200 g/mol. The van der Waals surface area contributed by atoms with Gasteiger partial charge in [0.25, 0.3) is 0 Å². The topological polar surface area (TPSA) is 34.1 Å². The van der Waals surface area contributed by atoms with Crippen LogP contribution in [-0.2, 0) is 10.3 Å². The molecule has 1 aliphatic carbocycles. The molecule has 0 bridgehead atoms. The first-order valence-electron chi connectivity index (χ1n) is 4.54. The Bertz CT molecular complexity index is 328. The minimum absolute atomic E-state index is 0.0274. The second-order valence-corrected chi connectivity index (χ2v) is 5.17. The van der Waals surface area contributed by atoms with Crippen LogP contribution in [0.2, 0.25) is 0 Å². The SMILES string of the molecule is C=C1CCCC(C)(C)C1C=S(=O)=O. The van der Waals surface area contributed by atoms with Crippen molar-refractivity contribution in [3.63, 3.8) is 0 Å². The fourth-order valence-electron chi connectivity index (χ4n) is 2.03. The van der Waals surface area contributed by atoms with Gasteiger partial charge in [0.05, 0.1) is 0 Å².